The molecule has 0 aromatic carbocycles. The molecule has 0 nitrogen and oxygen atoms in total. The van der Waals surface area contributed by atoms with E-state index in [0.29, 0.717) is 5.16 Å². The summed E-state index contributed by atoms with van der Waals surface area (Å²) in [6, 6.07) is 0. The van der Waals surface area contributed by atoms with Gasteiger partial charge in [-0.3, -0.25) is 0 Å². The summed E-state index contributed by atoms with van der Waals surface area (Å²) in [5, 5.41) is 0.530. The molecule has 1 heteroatoms. The van der Waals surface area contributed by atoms with Crippen LogP contribution in [0.15, 0.2) is 0 Å². The van der Waals surface area contributed by atoms with E-state index in [4.69, 9.17) is 0 Å². The van der Waals surface area contributed by atoms with Crippen molar-refractivity contribution in [1.29, 1.82) is 0 Å². The Hall–Kier alpha value is 0.430. The van der Waals surface area contributed by atoms with Crippen LogP contribution in [0.1, 0.15) is 130 Å². The van der Waals surface area contributed by atoms with E-state index in [0.717, 1.165) is 5.92 Å². The Morgan fingerprint density at radius 1 is 0.609 bits per heavy atom. The van der Waals surface area contributed by atoms with E-state index in [1.54, 1.807) is 0 Å². The first-order valence-corrected chi connectivity index (χ1v) is 11.5. The average Bonchev–Trinajstić information content (AvgIpc) is 2.56. The Kier molecular flexibility index (Phi) is 16.2. The van der Waals surface area contributed by atoms with Gasteiger partial charge in [0.2, 0.25) is 0 Å². The van der Waals surface area contributed by atoms with Crippen LogP contribution in [0.3, 0.4) is 0 Å². The lowest BCUT2D eigenvalue weighted by Gasteiger charge is -2.38. The molecule has 0 rings (SSSR count). The van der Waals surface area contributed by atoms with Crippen molar-refractivity contribution in [2.75, 3.05) is 0 Å². The molecular weight excluding hydrogens is 295 g/mol. The summed E-state index contributed by atoms with van der Waals surface area (Å²) in [7, 11) is 3.37. The van der Waals surface area contributed by atoms with Crippen molar-refractivity contribution in [2.24, 2.45) is 5.92 Å². The van der Waals surface area contributed by atoms with Crippen LogP contribution in [0.4, 0.5) is 0 Å². The lowest BCUT2D eigenvalue weighted by molar-refractivity contribution is 0.284. The van der Waals surface area contributed by atoms with Gasteiger partial charge in [-0.2, -0.15) is 0 Å². The molecule has 2 unspecified atom stereocenters. The van der Waals surface area contributed by atoms with Crippen LogP contribution in [-0.2, 0) is 0 Å². The standard InChI is InChI=1S/C22H47P/c1-5-9-12-15-18-21(8-4)22(23,19-16-13-10-6-2)20-17-14-11-7-3/h21H,5-20,23H2,1-4H3. The van der Waals surface area contributed by atoms with Crippen LogP contribution in [-0.4, -0.2) is 5.16 Å². The molecule has 23 heavy (non-hydrogen) atoms. The maximum absolute atomic E-state index is 3.37. The highest BCUT2D eigenvalue weighted by Crippen LogP contribution is 2.43. The third-order valence-corrected chi connectivity index (χ3v) is 6.75. The summed E-state index contributed by atoms with van der Waals surface area (Å²) in [5.41, 5.74) is 0. The van der Waals surface area contributed by atoms with Gasteiger partial charge in [0.15, 0.2) is 0 Å². The number of unbranched alkanes of at least 4 members (excludes halogenated alkanes) is 9. The van der Waals surface area contributed by atoms with Gasteiger partial charge in [0.05, 0.1) is 0 Å². The van der Waals surface area contributed by atoms with E-state index in [-0.39, 0.29) is 0 Å². The SMILES string of the molecule is CCCCCCC(CC)C(P)(CCCCCC)CCCCCC. The molecule has 0 radical (unpaired) electrons. The summed E-state index contributed by atoms with van der Waals surface area (Å²) >= 11 is 0. The molecule has 0 amide bonds. The Labute approximate surface area is 151 Å². The fourth-order valence-corrected chi connectivity index (χ4v) is 4.82. The minimum absolute atomic E-state index is 0.530. The Morgan fingerprint density at radius 3 is 1.43 bits per heavy atom. The molecule has 0 aromatic heterocycles. The zero-order chi connectivity index (χ0) is 17.4. The second-order valence-electron chi connectivity index (χ2n) is 7.81. The van der Waals surface area contributed by atoms with E-state index in [9.17, 15) is 0 Å². The molecular formula is C22H47P. The zero-order valence-corrected chi connectivity index (χ0v) is 18.1. The number of rotatable bonds is 17. The van der Waals surface area contributed by atoms with Crippen LogP contribution in [0.25, 0.3) is 0 Å². The Bertz CT molecular complexity index is 224. The van der Waals surface area contributed by atoms with Crippen molar-refractivity contribution < 1.29 is 0 Å². The highest BCUT2D eigenvalue weighted by molar-refractivity contribution is 7.19. The van der Waals surface area contributed by atoms with Crippen molar-refractivity contribution in [3.63, 3.8) is 0 Å². The van der Waals surface area contributed by atoms with E-state index in [2.05, 4.69) is 36.9 Å². The minimum atomic E-state index is 0.530. The average molecular weight is 343 g/mol. The first-order chi connectivity index (χ1) is 11.1. The van der Waals surface area contributed by atoms with Crippen molar-refractivity contribution >= 4 is 9.24 Å². The molecule has 0 bridgehead atoms. The van der Waals surface area contributed by atoms with Crippen molar-refractivity contribution in [1.82, 2.24) is 0 Å². The smallest absolute Gasteiger partial charge is 0.0122 e. The largest absolute Gasteiger partial charge is 0.131 e. The molecule has 140 valence electrons. The summed E-state index contributed by atoms with van der Waals surface area (Å²) in [6.07, 6.45) is 22.7. The fraction of sp³-hybridized carbons (Fsp3) is 1.00. The summed E-state index contributed by atoms with van der Waals surface area (Å²) < 4.78 is 0. The van der Waals surface area contributed by atoms with Crippen LogP contribution in [0.2, 0.25) is 0 Å². The quantitative estimate of drug-likeness (QED) is 0.183. The normalized spacial score (nSPS) is 13.4. The predicted molar refractivity (Wildman–Crippen MR) is 112 cm³/mol. The molecule has 0 aliphatic rings. The molecule has 0 spiro atoms. The van der Waals surface area contributed by atoms with Crippen LogP contribution in [0, 0.1) is 5.92 Å². The third kappa shape index (κ3) is 11.6. The first-order valence-electron chi connectivity index (χ1n) is 10.9. The second kappa shape index (κ2) is 15.9. The summed E-state index contributed by atoms with van der Waals surface area (Å²) in [4.78, 5) is 0. The lowest BCUT2D eigenvalue weighted by atomic mass is 9.78. The van der Waals surface area contributed by atoms with Gasteiger partial charge in [-0.05, 0) is 30.3 Å². The molecule has 0 saturated heterocycles. The number of hydrogen-bond donors (Lipinski definition) is 0. The minimum Gasteiger partial charge on any atom is -0.131 e. The Balaban J connectivity index is 4.48. The molecule has 0 N–H and O–H groups in total. The molecule has 0 aliphatic heterocycles. The molecule has 0 fully saturated rings. The van der Waals surface area contributed by atoms with Gasteiger partial charge < -0.3 is 0 Å². The van der Waals surface area contributed by atoms with E-state index in [1.165, 1.54) is 103 Å². The van der Waals surface area contributed by atoms with Crippen LogP contribution in [0.5, 0.6) is 0 Å². The second-order valence-corrected chi connectivity index (χ2v) is 8.96. The molecule has 0 heterocycles. The fourth-order valence-electron chi connectivity index (χ4n) is 4.01. The Morgan fingerprint density at radius 2 is 1.04 bits per heavy atom. The van der Waals surface area contributed by atoms with Crippen molar-refractivity contribution in [3.8, 4) is 0 Å². The van der Waals surface area contributed by atoms with Gasteiger partial charge in [-0.1, -0.05) is 111 Å². The molecule has 2 atom stereocenters. The zero-order valence-electron chi connectivity index (χ0n) is 17.0. The predicted octanol–water partition coefficient (Wildman–Crippen LogP) is 8.54. The van der Waals surface area contributed by atoms with Crippen molar-refractivity contribution in [2.45, 2.75) is 136 Å². The van der Waals surface area contributed by atoms with Gasteiger partial charge in [-0.15, -0.1) is 9.24 Å². The third-order valence-electron chi connectivity index (χ3n) is 5.70. The van der Waals surface area contributed by atoms with Gasteiger partial charge in [0, 0.05) is 0 Å². The van der Waals surface area contributed by atoms with E-state index in [1.807, 2.05) is 0 Å². The van der Waals surface area contributed by atoms with Crippen LogP contribution < -0.4 is 0 Å². The molecule has 0 saturated carbocycles. The molecule has 0 aromatic rings. The maximum Gasteiger partial charge on any atom is -0.0122 e. The first kappa shape index (κ1) is 23.4. The lowest BCUT2D eigenvalue weighted by Crippen LogP contribution is -2.31. The van der Waals surface area contributed by atoms with Gasteiger partial charge in [0.1, 0.15) is 0 Å². The van der Waals surface area contributed by atoms with Gasteiger partial charge in [0.25, 0.3) is 0 Å². The monoisotopic (exact) mass is 342 g/mol. The van der Waals surface area contributed by atoms with Gasteiger partial charge >= 0.3 is 0 Å². The highest BCUT2D eigenvalue weighted by Gasteiger charge is 2.31. The maximum atomic E-state index is 3.37. The highest BCUT2D eigenvalue weighted by atomic mass is 31.0. The summed E-state index contributed by atoms with van der Waals surface area (Å²) in [6.45, 7) is 9.39. The van der Waals surface area contributed by atoms with Crippen LogP contribution >= 0.6 is 9.24 Å². The van der Waals surface area contributed by atoms with Crippen molar-refractivity contribution in [3.05, 3.63) is 0 Å². The topological polar surface area (TPSA) is 0 Å². The van der Waals surface area contributed by atoms with E-state index < -0.39 is 0 Å². The molecule has 0 aliphatic carbocycles. The van der Waals surface area contributed by atoms with Gasteiger partial charge in [-0.25, -0.2) is 0 Å². The number of hydrogen-bond acceptors (Lipinski definition) is 0. The van der Waals surface area contributed by atoms with E-state index >= 15 is 0 Å². The summed E-state index contributed by atoms with van der Waals surface area (Å²) in [5.74, 6) is 0.924.